The third kappa shape index (κ3) is 3.72. The van der Waals surface area contributed by atoms with Crippen LogP contribution in [0.15, 0.2) is 75.9 Å². The second-order valence-corrected chi connectivity index (χ2v) is 6.65. The zero-order chi connectivity index (χ0) is 20.4. The summed E-state index contributed by atoms with van der Waals surface area (Å²) in [6.45, 7) is 1.90. The number of ether oxygens (including phenoxy) is 2. The summed E-state index contributed by atoms with van der Waals surface area (Å²) >= 11 is 0. The van der Waals surface area contributed by atoms with Crippen molar-refractivity contribution in [3.05, 3.63) is 94.1 Å². The molecule has 0 saturated carbocycles. The van der Waals surface area contributed by atoms with E-state index in [9.17, 15) is 9.18 Å². The molecule has 5 heteroatoms. The number of benzene rings is 3. The minimum absolute atomic E-state index is 0.0847. The first-order valence-corrected chi connectivity index (χ1v) is 9.15. The maximum absolute atomic E-state index is 13.8. The van der Waals surface area contributed by atoms with Crippen molar-refractivity contribution in [3.63, 3.8) is 0 Å². The zero-order valence-electron chi connectivity index (χ0n) is 16.1. The van der Waals surface area contributed by atoms with E-state index in [1.165, 1.54) is 12.1 Å². The summed E-state index contributed by atoms with van der Waals surface area (Å²) in [4.78, 5) is 12.2. The molecule has 0 fully saturated rings. The second kappa shape index (κ2) is 7.80. The van der Waals surface area contributed by atoms with E-state index in [4.69, 9.17) is 13.9 Å². The first kappa shape index (κ1) is 18.7. The number of methoxy groups -OCH3 is 1. The van der Waals surface area contributed by atoms with Gasteiger partial charge >= 0.3 is 5.63 Å². The Bertz CT molecular complexity index is 1230. The van der Waals surface area contributed by atoms with Crippen molar-refractivity contribution in [2.75, 3.05) is 7.11 Å². The highest BCUT2D eigenvalue weighted by molar-refractivity contribution is 5.95. The lowest BCUT2D eigenvalue weighted by atomic mass is 10.00. The average Bonchev–Trinajstić information content (AvgIpc) is 2.74. The molecular weight excluding hydrogens is 371 g/mol. The van der Waals surface area contributed by atoms with Gasteiger partial charge in [-0.15, -0.1) is 0 Å². The molecule has 146 valence electrons. The van der Waals surface area contributed by atoms with E-state index in [2.05, 4.69) is 0 Å². The van der Waals surface area contributed by atoms with Gasteiger partial charge in [-0.3, -0.25) is 0 Å². The second-order valence-electron chi connectivity index (χ2n) is 6.65. The highest BCUT2D eigenvalue weighted by Gasteiger charge is 2.14. The minimum Gasteiger partial charge on any atom is -0.497 e. The van der Waals surface area contributed by atoms with Gasteiger partial charge in [0.05, 0.1) is 7.11 Å². The number of rotatable bonds is 5. The van der Waals surface area contributed by atoms with E-state index in [1.54, 1.807) is 25.3 Å². The van der Waals surface area contributed by atoms with Gasteiger partial charge in [0.15, 0.2) is 0 Å². The molecule has 1 heterocycles. The molecule has 0 aliphatic carbocycles. The van der Waals surface area contributed by atoms with Crippen molar-refractivity contribution in [2.45, 2.75) is 13.5 Å². The zero-order valence-corrected chi connectivity index (χ0v) is 16.1. The summed E-state index contributed by atoms with van der Waals surface area (Å²) in [5.41, 5.74) is 2.80. The van der Waals surface area contributed by atoms with E-state index in [1.807, 2.05) is 43.3 Å². The topological polar surface area (TPSA) is 48.7 Å². The van der Waals surface area contributed by atoms with Crippen LogP contribution in [0.25, 0.3) is 22.1 Å². The molecule has 0 amide bonds. The first-order chi connectivity index (χ1) is 14.1. The highest BCUT2D eigenvalue weighted by Crippen LogP contribution is 2.34. The first-order valence-electron chi connectivity index (χ1n) is 9.15. The van der Waals surface area contributed by atoms with Crippen molar-refractivity contribution in [1.29, 1.82) is 0 Å². The van der Waals surface area contributed by atoms with Crippen molar-refractivity contribution in [2.24, 2.45) is 0 Å². The van der Waals surface area contributed by atoms with Crippen LogP contribution in [0, 0.1) is 12.7 Å². The molecule has 29 heavy (non-hydrogen) atoms. The van der Waals surface area contributed by atoms with Gasteiger partial charge < -0.3 is 13.9 Å². The lowest BCUT2D eigenvalue weighted by Crippen LogP contribution is -2.02. The van der Waals surface area contributed by atoms with Gasteiger partial charge in [0.25, 0.3) is 0 Å². The Morgan fingerprint density at radius 1 is 1.00 bits per heavy atom. The molecule has 4 nitrogen and oxygen atoms in total. The molecule has 4 rings (SSSR count). The summed E-state index contributed by atoms with van der Waals surface area (Å²) in [6.07, 6.45) is 0. The van der Waals surface area contributed by atoms with Gasteiger partial charge in [-0.2, -0.15) is 0 Å². The van der Waals surface area contributed by atoms with Gasteiger partial charge in [0.2, 0.25) is 0 Å². The Morgan fingerprint density at radius 2 is 1.76 bits per heavy atom. The van der Waals surface area contributed by atoms with Gasteiger partial charge in [-0.1, -0.05) is 30.3 Å². The molecule has 0 aliphatic rings. The molecule has 0 unspecified atom stereocenters. The minimum atomic E-state index is -0.447. The van der Waals surface area contributed by atoms with Gasteiger partial charge in [0.1, 0.15) is 29.5 Å². The lowest BCUT2D eigenvalue weighted by Gasteiger charge is -2.13. The molecule has 4 aromatic rings. The Balaban J connectivity index is 1.74. The van der Waals surface area contributed by atoms with E-state index in [-0.39, 0.29) is 12.4 Å². The normalized spacial score (nSPS) is 10.9. The van der Waals surface area contributed by atoms with Crippen LogP contribution in [0.2, 0.25) is 0 Å². The predicted octanol–water partition coefficient (Wildman–Crippen LogP) is 5.50. The Hall–Kier alpha value is -3.60. The molecule has 0 saturated heterocycles. The number of hydrogen-bond donors (Lipinski definition) is 0. The van der Waals surface area contributed by atoms with E-state index >= 15 is 0 Å². The number of hydrogen-bond acceptors (Lipinski definition) is 4. The molecule has 0 N–H and O–H groups in total. The maximum Gasteiger partial charge on any atom is 0.336 e. The third-order valence-electron chi connectivity index (χ3n) is 4.85. The van der Waals surface area contributed by atoms with Gasteiger partial charge in [-0.25, -0.2) is 9.18 Å². The monoisotopic (exact) mass is 390 g/mol. The molecule has 0 radical (unpaired) electrons. The van der Waals surface area contributed by atoms with Crippen molar-refractivity contribution >= 4 is 11.0 Å². The third-order valence-corrected chi connectivity index (χ3v) is 4.85. The van der Waals surface area contributed by atoms with Crippen LogP contribution in [0.3, 0.4) is 0 Å². The van der Waals surface area contributed by atoms with Crippen LogP contribution in [0.4, 0.5) is 4.39 Å². The van der Waals surface area contributed by atoms with Crippen LogP contribution in [-0.4, -0.2) is 7.11 Å². The SMILES string of the molecule is COc1ccc(-c2cc(=O)oc3c(C)c(OCc4ccccc4F)ccc23)cc1. The smallest absolute Gasteiger partial charge is 0.336 e. The number of aryl methyl sites for hydroxylation is 1. The fraction of sp³-hybridized carbons (Fsp3) is 0.125. The fourth-order valence-corrected chi connectivity index (χ4v) is 3.28. The Kier molecular flexibility index (Phi) is 5.04. The van der Waals surface area contributed by atoms with E-state index < -0.39 is 5.63 Å². The Labute approximate surface area is 167 Å². The van der Waals surface area contributed by atoms with Crippen LogP contribution >= 0.6 is 0 Å². The number of halogens is 1. The highest BCUT2D eigenvalue weighted by atomic mass is 19.1. The molecular formula is C24H19FO4. The van der Waals surface area contributed by atoms with Crippen molar-refractivity contribution < 1.29 is 18.3 Å². The molecule has 0 atom stereocenters. The van der Waals surface area contributed by atoms with Crippen LogP contribution in [0.5, 0.6) is 11.5 Å². The molecule has 3 aromatic carbocycles. The fourth-order valence-electron chi connectivity index (χ4n) is 3.28. The van der Waals surface area contributed by atoms with Crippen molar-refractivity contribution in [3.8, 4) is 22.6 Å². The summed E-state index contributed by atoms with van der Waals surface area (Å²) in [7, 11) is 1.60. The van der Waals surface area contributed by atoms with Crippen molar-refractivity contribution in [1.82, 2.24) is 0 Å². The summed E-state index contributed by atoms with van der Waals surface area (Å²) in [6, 6.07) is 19.1. The predicted molar refractivity (Wildman–Crippen MR) is 110 cm³/mol. The number of fused-ring (bicyclic) bond motifs is 1. The molecule has 0 bridgehead atoms. The van der Waals surface area contributed by atoms with Gasteiger partial charge in [-0.05, 0) is 48.4 Å². The molecule has 0 spiro atoms. The van der Waals surface area contributed by atoms with E-state index in [0.717, 1.165) is 22.3 Å². The lowest BCUT2D eigenvalue weighted by molar-refractivity contribution is 0.297. The summed E-state index contributed by atoms with van der Waals surface area (Å²) in [5, 5.41) is 0.797. The quantitative estimate of drug-likeness (QED) is 0.423. The van der Waals surface area contributed by atoms with Crippen LogP contribution in [-0.2, 0) is 6.61 Å². The summed E-state index contributed by atoms with van der Waals surface area (Å²) in [5.74, 6) is 0.955. The van der Waals surface area contributed by atoms with E-state index in [0.29, 0.717) is 22.5 Å². The standard InChI is InChI=1S/C24H19FO4/c1-15-22(28-14-17-5-3-4-6-21(17)25)12-11-19-20(13-23(26)29-24(15)19)16-7-9-18(27-2)10-8-16/h3-13H,14H2,1-2H3. The van der Waals surface area contributed by atoms with Gasteiger partial charge in [0, 0.05) is 22.6 Å². The largest absolute Gasteiger partial charge is 0.497 e. The van der Waals surface area contributed by atoms with Crippen LogP contribution in [0.1, 0.15) is 11.1 Å². The summed E-state index contributed by atoms with van der Waals surface area (Å²) < 4.78 is 30.3. The molecule has 0 aliphatic heterocycles. The Morgan fingerprint density at radius 3 is 2.48 bits per heavy atom. The average molecular weight is 390 g/mol. The van der Waals surface area contributed by atoms with Crippen LogP contribution < -0.4 is 15.1 Å². The maximum atomic E-state index is 13.8. The molecule has 1 aromatic heterocycles.